The lowest BCUT2D eigenvalue weighted by atomic mass is 9.93. The van der Waals surface area contributed by atoms with Crippen molar-refractivity contribution in [2.45, 2.75) is 25.1 Å². The molecule has 2 atom stereocenters. The van der Waals surface area contributed by atoms with Gasteiger partial charge in [0.1, 0.15) is 6.04 Å². The quantitative estimate of drug-likeness (QED) is 0.633. The average molecular weight is 183 g/mol. The van der Waals surface area contributed by atoms with E-state index in [0.29, 0.717) is 13.0 Å². The van der Waals surface area contributed by atoms with Gasteiger partial charge in [0, 0.05) is 6.61 Å². The summed E-state index contributed by atoms with van der Waals surface area (Å²) in [6.07, 6.45) is -3.54. The maximum absolute atomic E-state index is 12.1. The summed E-state index contributed by atoms with van der Waals surface area (Å²) in [5.41, 5.74) is 0. The molecule has 1 fully saturated rings. The number of alkyl halides is 3. The lowest BCUT2D eigenvalue weighted by Crippen LogP contribution is -2.48. The van der Waals surface area contributed by atoms with Crippen LogP contribution in [0.5, 0.6) is 0 Å². The number of piperidine rings is 1. The molecule has 0 aliphatic carbocycles. The maximum atomic E-state index is 12.1. The van der Waals surface area contributed by atoms with Gasteiger partial charge in [-0.1, -0.05) is 0 Å². The first-order valence-corrected chi connectivity index (χ1v) is 3.95. The van der Waals surface area contributed by atoms with Gasteiger partial charge in [-0.2, -0.15) is 13.2 Å². The van der Waals surface area contributed by atoms with Crippen LogP contribution in [0.4, 0.5) is 13.2 Å². The van der Waals surface area contributed by atoms with Gasteiger partial charge in [0.2, 0.25) is 0 Å². The van der Waals surface area contributed by atoms with Gasteiger partial charge in [0.05, 0.1) is 0 Å². The van der Waals surface area contributed by atoms with Crippen LogP contribution in [0.3, 0.4) is 0 Å². The van der Waals surface area contributed by atoms with Gasteiger partial charge >= 0.3 is 6.18 Å². The van der Waals surface area contributed by atoms with Gasteiger partial charge in [-0.25, -0.2) is 0 Å². The molecule has 0 aromatic heterocycles. The van der Waals surface area contributed by atoms with Crippen molar-refractivity contribution < 1.29 is 18.3 Å². The van der Waals surface area contributed by atoms with Crippen molar-refractivity contribution in [3.63, 3.8) is 0 Å². The topological polar surface area (TPSA) is 32.3 Å². The monoisotopic (exact) mass is 183 g/mol. The predicted molar refractivity (Wildman–Crippen MR) is 37.7 cm³/mol. The molecule has 2 N–H and O–H groups in total. The Hall–Kier alpha value is -0.290. The standard InChI is InChI=1S/C7H12F3NO/c8-7(9,10)6-3-5(4-12)1-2-11-6/h5-6,11-12H,1-4H2/t5-,6+/m0/s1. The van der Waals surface area contributed by atoms with Gasteiger partial charge in [-0.15, -0.1) is 0 Å². The first-order chi connectivity index (χ1) is 5.54. The van der Waals surface area contributed by atoms with Crippen molar-refractivity contribution in [1.29, 1.82) is 0 Å². The average Bonchev–Trinajstić information content (AvgIpc) is 2.03. The zero-order valence-electron chi connectivity index (χ0n) is 6.56. The summed E-state index contributed by atoms with van der Waals surface area (Å²) in [6.45, 7) is 0.198. The molecule has 1 rings (SSSR count). The molecule has 1 aliphatic heterocycles. The Balaban J connectivity index is 2.46. The highest BCUT2D eigenvalue weighted by Crippen LogP contribution is 2.28. The first kappa shape index (κ1) is 9.80. The zero-order valence-corrected chi connectivity index (χ0v) is 6.56. The van der Waals surface area contributed by atoms with Crippen LogP contribution in [-0.2, 0) is 0 Å². The summed E-state index contributed by atoms with van der Waals surface area (Å²) in [6, 6.07) is -1.43. The van der Waals surface area contributed by atoms with E-state index in [4.69, 9.17) is 5.11 Å². The Bertz CT molecular complexity index is 148. The van der Waals surface area contributed by atoms with E-state index in [1.807, 2.05) is 0 Å². The molecule has 0 radical (unpaired) electrons. The van der Waals surface area contributed by atoms with Crippen LogP contribution >= 0.6 is 0 Å². The lowest BCUT2D eigenvalue weighted by molar-refractivity contribution is -0.164. The third-order valence-electron chi connectivity index (χ3n) is 2.17. The molecular formula is C7H12F3NO. The fourth-order valence-electron chi connectivity index (χ4n) is 1.41. The van der Waals surface area contributed by atoms with E-state index in [9.17, 15) is 13.2 Å². The molecular weight excluding hydrogens is 171 g/mol. The fraction of sp³-hybridized carbons (Fsp3) is 1.00. The minimum absolute atomic E-state index is 0. The second-order valence-corrected chi connectivity index (χ2v) is 3.12. The molecule has 1 heterocycles. The Morgan fingerprint density at radius 2 is 2.08 bits per heavy atom. The molecule has 2 nitrogen and oxygen atoms in total. The summed E-state index contributed by atoms with van der Waals surface area (Å²) in [4.78, 5) is 0. The molecule has 5 heteroatoms. The summed E-state index contributed by atoms with van der Waals surface area (Å²) >= 11 is 0. The Labute approximate surface area is 68.8 Å². The number of nitrogens with one attached hydrogen (secondary N) is 1. The third-order valence-corrected chi connectivity index (χ3v) is 2.17. The van der Waals surface area contributed by atoms with Crippen LogP contribution in [0.15, 0.2) is 0 Å². The fourth-order valence-corrected chi connectivity index (χ4v) is 1.41. The molecule has 0 saturated carbocycles. The van der Waals surface area contributed by atoms with Crippen LogP contribution in [0.1, 0.15) is 12.8 Å². The second-order valence-electron chi connectivity index (χ2n) is 3.12. The van der Waals surface area contributed by atoms with Crippen LogP contribution < -0.4 is 5.32 Å². The number of aliphatic hydroxyl groups is 1. The van der Waals surface area contributed by atoms with Crippen molar-refractivity contribution in [1.82, 2.24) is 5.32 Å². The predicted octanol–water partition coefficient (Wildman–Crippen LogP) is 0.909. The van der Waals surface area contributed by atoms with Crippen LogP contribution in [0.2, 0.25) is 0 Å². The van der Waals surface area contributed by atoms with Crippen LogP contribution in [-0.4, -0.2) is 30.5 Å². The zero-order chi connectivity index (χ0) is 9.19. The highest BCUT2D eigenvalue weighted by molar-refractivity contribution is 4.83. The van der Waals surface area contributed by atoms with Crippen molar-refractivity contribution >= 4 is 0 Å². The number of rotatable bonds is 1. The second kappa shape index (κ2) is 3.62. The molecule has 0 aromatic rings. The molecule has 1 aliphatic rings. The Morgan fingerprint density at radius 3 is 2.58 bits per heavy atom. The molecule has 0 unspecified atom stereocenters. The Kier molecular flexibility index (Phi) is 2.95. The molecule has 0 amide bonds. The van der Waals surface area contributed by atoms with Gasteiger partial charge in [0.15, 0.2) is 0 Å². The van der Waals surface area contributed by atoms with E-state index in [1.165, 1.54) is 0 Å². The molecule has 0 aromatic carbocycles. The minimum atomic E-state index is -4.17. The normalized spacial score (nSPS) is 32.0. The maximum Gasteiger partial charge on any atom is 0.403 e. The van der Waals surface area contributed by atoms with E-state index in [2.05, 4.69) is 5.32 Å². The van der Waals surface area contributed by atoms with Crippen molar-refractivity contribution in [2.24, 2.45) is 5.92 Å². The highest BCUT2D eigenvalue weighted by Gasteiger charge is 2.41. The molecule has 0 spiro atoms. The van der Waals surface area contributed by atoms with Crippen LogP contribution in [0.25, 0.3) is 0 Å². The van der Waals surface area contributed by atoms with Gasteiger partial charge in [-0.3, -0.25) is 0 Å². The largest absolute Gasteiger partial charge is 0.403 e. The number of hydrogen-bond donors (Lipinski definition) is 2. The smallest absolute Gasteiger partial charge is 0.396 e. The van der Waals surface area contributed by atoms with E-state index in [0.717, 1.165) is 0 Å². The van der Waals surface area contributed by atoms with Gasteiger partial charge < -0.3 is 10.4 Å². The SMILES string of the molecule is OC[C@H]1CCN[C@@H](C(F)(F)F)C1. The van der Waals surface area contributed by atoms with E-state index in [-0.39, 0.29) is 18.9 Å². The lowest BCUT2D eigenvalue weighted by Gasteiger charge is -2.30. The van der Waals surface area contributed by atoms with Gasteiger partial charge in [0.25, 0.3) is 0 Å². The van der Waals surface area contributed by atoms with E-state index in [1.54, 1.807) is 0 Å². The third kappa shape index (κ3) is 2.35. The van der Waals surface area contributed by atoms with Gasteiger partial charge in [-0.05, 0) is 25.3 Å². The molecule has 0 bridgehead atoms. The number of hydrogen-bond acceptors (Lipinski definition) is 2. The molecule has 1 saturated heterocycles. The first-order valence-electron chi connectivity index (χ1n) is 3.95. The summed E-state index contributed by atoms with van der Waals surface area (Å²) in [5.74, 6) is -0.196. The highest BCUT2D eigenvalue weighted by atomic mass is 19.4. The van der Waals surface area contributed by atoms with E-state index < -0.39 is 12.2 Å². The van der Waals surface area contributed by atoms with Crippen molar-refractivity contribution in [3.8, 4) is 0 Å². The molecule has 12 heavy (non-hydrogen) atoms. The van der Waals surface area contributed by atoms with Crippen molar-refractivity contribution in [3.05, 3.63) is 0 Å². The summed E-state index contributed by atoms with van der Waals surface area (Å²) in [5, 5.41) is 11.1. The van der Waals surface area contributed by atoms with Crippen LogP contribution in [0, 0.1) is 5.92 Å². The Morgan fingerprint density at radius 1 is 1.42 bits per heavy atom. The van der Waals surface area contributed by atoms with E-state index >= 15 is 0 Å². The summed E-state index contributed by atoms with van der Waals surface area (Å²) < 4.78 is 36.3. The minimum Gasteiger partial charge on any atom is -0.396 e. The molecule has 72 valence electrons. The number of aliphatic hydroxyl groups excluding tert-OH is 1. The van der Waals surface area contributed by atoms with Crippen molar-refractivity contribution in [2.75, 3.05) is 13.2 Å². The summed E-state index contributed by atoms with van der Waals surface area (Å²) in [7, 11) is 0. The number of halogens is 3.